The molecule has 2 aliphatic rings. The molecular weight excluding hydrogens is 385 g/mol. The van der Waals surface area contributed by atoms with Crippen molar-refractivity contribution >= 4 is 28.7 Å². The Hall–Kier alpha value is -3.14. The molecule has 2 fully saturated rings. The molecule has 0 unspecified atom stereocenters. The first-order valence-electron chi connectivity index (χ1n) is 9.31. The molecule has 29 heavy (non-hydrogen) atoms. The first kappa shape index (κ1) is 19.2. The standard InChI is InChI=1S/C19H20FN3O6/c20-13-7-12-14(8-15(13)22-5-3-21(4-6-22)10-17(24)25)23(11-1-2-11)9-16(18(12)26)29-19(27)28/h7-9,11H,1-6,10H2,(H,24,25)(H,27,28). The third-order valence-electron chi connectivity index (χ3n) is 5.28. The van der Waals surface area contributed by atoms with Crippen LogP contribution in [0.5, 0.6) is 5.75 Å². The van der Waals surface area contributed by atoms with Crippen molar-refractivity contribution in [2.45, 2.75) is 18.9 Å². The number of anilines is 1. The SMILES string of the molecule is O=C(O)CN1CCN(c2cc3c(cc2F)c(=O)c(OC(=O)O)cn3C2CC2)CC1. The van der Waals surface area contributed by atoms with Crippen molar-refractivity contribution in [1.82, 2.24) is 9.47 Å². The Morgan fingerprint density at radius 1 is 1.14 bits per heavy atom. The summed E-state index contributed by atoms with van der Waals surface area (Å²) in [7, 11) is 0. The number of hydrogen-bond donors (Lipinski definition) is 2. The number of hydrogen-bond acceptors (Lipinski definition) is 6. The van der Waals surface area contributed by atoms with Crippen LogP contribution in [0.15, 0.2) is 23.1 Å². The molecule has 0 radical (unpaired) electrons. The van der Waals surface area contributed by atoms with Crippen molar-refractivity contribution in [2.24, 2.45) is 0 Å². The Morgan fingerprint density at radius 2 is 1.83 bits per heavy atom. The minimum absolute atomic E-state index is 0.0539. The van der Waals surface area contributed by atoms with Crippen molar-refractivity contribution in [2.75, 3.05) is 37.6 Å². The lowest BCUT2D eigenvalue weighted by atomic mass is 10.1. The van der Waals surface area contributed by atoms with Gasteiger partial charge in [-0.15, -0.1) is 0 Å². The van der Waals surface area contributed by atoms with Crippen molar-refractivity contribution in [3.8, 4) is 5.75 Å². The third-order valence-corrected chi connectivity index (χ3v) is 5.28. The molecule has 9 nitrogen and oxygen atoms in total. The summed E-state index contributed by atoms with van der Waals surface area (Å²) >= 11 is 0. The van der Waals surface area contributed by atoms with Gasteiger partial charge in [-0.2, -0.15) is 0 Å². The molecule has 0 atom stereocenters. The van der Waals surface area contributed by atoms with Crippen molar-refractivity contribution < 1.29 is 28.9 Å². The van der Waals surface area contributed by atoms with Crippen molar-refractivity contribution in [1.29, 1.82) is 0 Å². The van der Waals surface area contributed by atoms with Gasteiger partial charge in [-0.05, 0) is 25.0 Å². The van der Waals surface area contributed by atoms with Crippen LogP contribution in [-0.2, 0) is 4.79 Å². The largest absolute Gasteiger partial charge is 0.511 e. The summed E-state index contributed by atoms with van der Waals surface area (Å²) in [5.74, 6) is -1.83. The van der Waals surface area contributed by atoms with E-state index in [1.54, 1.807) is 15.5 Å². The average Bonchev–Trinajstić information content (AvgIpc) is 3.49. The third kappa shape index (κ3) is 3.88. The highest BCUT2D eigenvalue weighted by atomic mass is 19.1. The zero-order chi connectivity index (χ0) is 20.7. The number of halogens is 1. The number of ether oxygens (including phenoxy) is 1. The molecule has 0 amide bonds. The molecule has 4 rings (SSSR count). The highest BCUT2D eigenvalue weighted by molar-refractivity contribution is 5.85. The highest BCUT2D eigenvalue weighted by Crippen LogP contribution is 2.39. The number of rotatable bonds is 5. The summed E-state index contributed by atoms with van der Waals surface area (Å²) in [6, 6.07) is 2.85. The molecule has 2 aromatic rings. The number of fused-ring (bicyclic) bond motifs is 1. The maximum absolute atomic E-state index is 14.9. The number of piperazine rings is 1. The smallest absolute Gasteiger partial charge is 0.480 e. The number of carboxylic acids is 1. The fraction of sp³-hybridized carbons (Fsp3) is 0.421. The normalized spacial score (nSPS) is 17.5. The van der Waals surface area contributed by atoms with Crippen LogP contribution in [0, 0.1) is 5.82 Å². The van der Waals surface area contributed by atoms with E-state index < -0.39 is 23.4 Å². The number of aliphatic carboxylic acids is 1. The van der Waals surface area contributed by atoms with E-state index in [0.717, 1.165) is 18.9 Å². The lowest BCUT2D eigenvalue weighted by Crippen LogP contribution is -2.48. The van der Waals surface area contributed by atoms with E-state index in [1.807, 2.05) is 4.90 Å². The van der Waals surface area contributed by atoms with Gasteiger partial charge in [0.05, 0.1) is 29.3 Å². The zero-order valence-corrected chi connectivity index (χ0v) is 15.5. The molecule has 154 valence electrons. The van der Waals surface area contributed by atoms with Crippen LogP contribution >= 0.6 is 0 Å². The van der Waals surface area contributed by atoms with E-state index in [4.69, 9.17) is 10.2 Å². The van der Waals surface area contributed by atoms with Crippen molar-refractivity contribution in [3.05, 3.63) is 34.4 Å². The van der Waals surface area contributed by atoms with Crippen LogP contribution in [0.2, 0.25) is 0 Å². The fourth-order valence-corrected chi connectivity index (χ4v) is 3.74. The number of nitrogens with zero attached hydrogens (tertiary/aromatic N) is 3. The van der Waals surface area contributed by atoms with Crippen LogP contribution in [0.4, 0.5) is 14.9 Å². The molecular formula is C19H20FN3O6. The van der Waals surface area contributed by atoms with Gasteiger partial charge in [0.2, 0.25) is 5.43 Å². The van der Waals surface area contributed by atoms with E-state index >= 15 is 0 Å². The number of carboxylic acid groups (broad SMARTS) is 2. The lowest BCUT2D eigenvalue weighted by Gasteiger charge is -2.35. The van der Waals surface area contributed by atoms with Gasteiger partial charge in [-0.3, -0.25) is 14.5 Å². The van der Waals surface area contributed by atoms with Gasteiger partial charge in [0.15, 0.2) is 5.75 Å². The molecule has 1 saturated heterocycles. The quantitative estimate of drug-likeness (QED) is 0.724. The van der Waals surface area contributed by atoms with Crippen LogP contribution in [0.3, 0.4) is 0 Å². The van der Waals surface area contributed by atoms with Crippen LogP contribution < -0.4 is 15.1 Å². The van der Waals surface area contributed by atoms with Crippen LogP contribution in [0.1, 0.15) is 18.9 Å². The molecule has 1 aliphatic carbocycles. The highest BCUT2D eigenvalue weighted by Gasteiger charge is 2.28. The molecule has 1 aromatic carbocycles. The summed E-state index contributed by atoms with van der Waals surface area (Å²) in [6.07, 6.45) is 1.54. The minimum Gasteiger partial charge on any atom is -0.480 e. The second-order valence-corrected chi connectivity index (χ2v) is 7.31. The zero-order valence-electron chi connectivity index (χ0n) is 15.5. The first-order valence-corrected chi connectivity index (χ1v) is 9.31. The van der Waals surface area contributed by atoms with E-state index in [2.05, 4.69) is 4.74 Å². The maximum atomic E-state index is 14.9. The maximum Gasteiger partial charge on any atom is 0.511 e. The summed E-state index contributed by atoms with van der Waals surface area (Å²) < 4.78 is 21.3. The van der Waals surface area contributed by atoms with Crippen LogP contribution in [0.25, 0.3) is 10.9 Å². The summed E-state index contributed by atoms with van der Waals surface area (Å²) in [4.78, 5) is 38.0. The Labute approximate surface area is 164 Å². The molecule has 1 aromatic heterocycles. The van der Waals surface area contributed by atoms with Crippen molar-refractivity contribution in [3.63, 3.8) is 0 Å². The first-order chi connectivity index (χ1) is 13.8. The number of aromatic nitrogens is 1. The van der Waals surface area contributed by atoms with E-state index in [0.29, 0.717) is 37.4 Å². The Kier molecular flexibility index (Phi) is 4.87. The molecule has 10 heteroatoms. The summed E-state index contributed by atoms with van der Waals surface area (Å²) in [5.41, 5.74) is 0.198. The van der Waals surface area contributed by atoms with E-state index in [1.165, 1.54) is 6.20 Å². The molecule has 1 saturated carbocycles. The average molecular weight is 405 g/mol. The second kappa shape index (κ2) is 7.36. The van der Waals surface area contributed by atoms with Crippen LogP contribution in [-0.4, -0.2) is 64.5 Å². The number of pyridine rings is 1. The van der Waals surface area contributed by atoms with E-state index in [9.17, 15) is 18.8 Å². The molecule has 0 bridgehead atoms. The van der Waals surface area contributed by atoms with Gasteiger partial charge in [-0.1, -0.05) is 0 Å². The molecule has 2 N–H and O–H groups in total. The Morgan fingerprint density at radius 3 is 2.41 bits per heavy atom. The summed E-state index contributed by atoms with van der Waals surface area (Å²) in [6.45, 7) is 1.85. The molecule has 2 heterocycles. The predicted molar refractivity (Wildman–Crippen MR) is 101 cm³/mol. The van der Waals surface area contributed by atoms with Gasteiger partial charge in [-0.25, -0.2) is 9.18 Å². The predicted octanol–water partition coefficient (Wildman–Crippen LogP) is 1.74. The van der Waals surface area contributed by atoms with Gasteiger partial charge >= 0.3 is 12.1 Å². The minimum atomic E-state index is -1.60. The number of benzene rings is 1. The lowest BCUT2D eigenvalue weighted by molar-refractivity contribution is -0.138. The number of carbonyl (C=O) groups is 2. The van der Waals surface area contributed by atoms with Gasteiger partial charge in [0, 0.05) is 32.2 Å². The molecule has 0 spiro atoms. The Balaban J connectivity index is 1.71. The topological polar surface area (TPSA) is 112 Å². The van der Waals surface area contributed by atoms with Gasteiger partial charge in [0.25, 0.3) is 0 Å². The monoisotopic (exact) mass is 405 g/mol. The second-order valence-electron chi connectivity index (χ2n) is 7.31. The fourth-order valence-electron chi connectivity index (χ4n) is 3.74. The van der Waals surface area contributed by atoms with Gasteiger partial charge in [0.1, 0.15) is 5.82 Å². The summed E-state index contributed by atoms with van der Waals surface area (Å²) in [5, 5.41) is 17.8. The van der Waals surface area contributed by atoms with Gasteiger partial charge < -0.3 is 24.4 Å². The van der Waals surface area contributed by atoms with E-state index in [-0.39, 0.29) is 23.7 Å². The Bertz CT molecular complexity index is 1040. The molecule has 1 aliphatic heterocycles.